The van der Waals surface area contributed by atoms with Gasteiger partial charge in [0.15, 0.2) is 5.78 Å². The summed E-state index contributed by atoms with van der Waals surface area (Å²) in [5, 5.41) is 0. The summed E-state index contributed by atoms with van der Waals surface area (Å²) in [6.07, 6.45) is 1.31. The van der Waals surface area contributed by atoms with E-state index in [0.717, 1.165) is 0 Å². The molecule has 0 aromatic carbocycles. The number of carbonyl (C=O) groups excluding carboxylic acids is 1. The van der Waals surface area contributed by atoms with E-state index in [2.05, 4.69) is 0 Å². The summed E-state index contributed by atoms with van der Waals surface area (Å²) in [5.74, 6) is 0.0301. The van der Waals surface area contributed by atoms with Crippen molar-refractivity contribution in [2.75, 3.05) is 0 Å². The molecule has 0 aliphatic rings. The number of hydrogen-bond donors (Lipinski definition) is 1. The van der Waals surface area contributed by atoms with E-state index in [-0.39, 0.29) is 5.78 Å². The Morgan fingerprint density at radius 1 is 1.33 bits per heavy atom. The van der Waals surface area contributed by atoms with Gasteiger partial charge >= 0.3 is 0 Å². The Labute approximate surface area is 56.7 Å². The van der Waals surface area contributed by atoms with Gasteiger partial charge in [0, 0.05) is 11.8 Å². The van der Waals surface area contributed by atoms with Crippen LogP contribution in [0.3, 0.4) is 0 Å². The first-order valence-corrected chi connectivity index (χ1v) is 3.08. The molecule has 0 radical (unpaired) electrons. The van der Waals surface area contributed by atoms with E-state index in [0.29, 0.717) is 5.57 Å². The van der Waals surface area contributed by atoms with E-state index in [1.807, 2.05) is 13.8 Å². The standard InChI is InChI=1S/C5H9NO.C2H6/c1-4(3-6)5(2)7;1-2/h3H,6H2,1-2H3;1-2H3/b4-3+;. The molecule has 0 aromatic heterocycles. The summed E-state index contributed by atoms with van der Waals surface area (Å²) in [6, 6.07) is 0. The number of ketones is 1. The highest BCUT2D eigenvalue weighted by Gasteiger charge is 1.89. The van der Waals surface area contributed by atoms with Gasteiger partial charge in [0.05, 0.1) is 0 Å². The lowest BCUT2D eigenvalue weighted by atomic mass is 10.2. The molecule has 0 fully saturated rings. The summed E-state index contributed by atoms with van der Waals surface area (Å²) < 4.78 is 0. The fourth-order valence-corrected chi connectivity index (χ4v) is 0.117. The molecule has 0 aliphatic heterocycles. The predicted octanol–water partition coefficient (Wildman–Crippen LogP) is 1.46. The van der Waals surface area contributed by atoms with Gasteiger partial charge in [-0.1, -0.05) is 13.8 Å². The van der Waals surface area contributed by atoms with Crippen molar-refractivity contribution in [3.63, 3.8) is 0 Å². The summed E-state index contributed by atoms with van der Waals surface area (Å²) in [4.78, 5) is 10.2. The van der Waals surface area contributed by atoms with Gasteiger partial charge < -0.3 is 5.73 Å². The van der Waals surface area contributed by atoms with Gasteiger partial charge in [-0.15, -0.1) is 0 Å². The SMILES string of the molecule is CC.CC(=O)/C(C)=C/N. The van der Waals surface area contributed by atoms with Crippen molar-refractivity contribution < 1.29 is 4.79 Å². The number of allylic oxidation sites excluding steroid dienone is 1. The third-order valence-electron chi connectivity index (χ3n) is 0.805. The van der Waals surface area contributed by atoms with Crippen molar-refractivity contribution in [1.29, 1.82) is 0 Å². The Kier molecular flexibility index (Phi) is 8.87. The number of carbonyl (C=O) groups is 1. The highest BCUT2D eigenvalue weighted by Crippen LogP contribution is 1.87. The first-order chi connectivity index (χ1) is 4.18. The lowest BCUT2D eigenvalue weighted by Gasteiger charge is -1.85. The molecule has 0 heterocycles. The van der Waals surface area contributed by atoms with Gasteiger partial charge in [0.1, 0.15) is 0 Å². The molecule has 0 amide bonds. The zero-order valence-corrected chi connectivity index (χ0v) is 6.56. The maximum Gasteiger partial charge on any atom is 0.156 e. The van der Waals surface area contributed by atoms with Crippen LogP contribution in [-0.4, -0.2) is 5.78 Å². The number of nitrogens with two attached hydrogens (primary N) is 1. The van der Waals surface area contributed by atoms with Crippen LogP contribution in [0, 0.1) is 0 Å². The molecule has 2 N–H and O–H groups in total. The molecule has 0 aromatic rings. The zero-order chi connectivity index (χ0) is 7.86. The lowest BCUT2D eigenvalue weighted by molar-refractivity contribution is -0.113. The van der Waals surface area contributed by atoms with Gasteiger partial charge in [-0.3, -0.25) is 4.79 Å². The second-order valence-corrected chi connectivity index (χ2v) is 1.41. The van der Waals surface area contributed by atoms with Crippen LogP contribution >= 0.6 is 0 Å². The second kappa shape index (κ2) is 7.21. The van der Waals surface area contributed by atoms with Crippen LogP contribution in [0.15, 0.2) is 11.8 Å². The molecule has 9 heavy (non-hydrogen) atoms. The number of rotatable bonds is 1. The molecule has 0 bridgehead atoms. The van der Waals surface area contributed by atoms with E-state index in [1.165, 1.54) is 13.1 Å². The number of Topliss-reactive ketones (excluding diaryl/α,β-unsaturated/α-hetero) is 1. The van der Waals surface area contributed by atoms with E-state index < -0.39 is 0 Å². The molecule has 0 atom stereocenters. The van der Waals surface area contributed by atoms with Crippen LogP contribution < -0.4 is 5.73 Å². The van der Waals surface area contributed by atoms with Gasteiger partial charge in [-0.2, -0.15) is 0 Å². The summed E-state index contributed by atoms with van der Waals surface area (Å²) in [6.45, 7) is 7.17. The Bertz CT molecular complexity index is 105. The molecule has 0 saturated heterocycles. The van der Waals surface area contributed by atoms with E-state index in [4.69, 9.17) is 5.73 Å². The normalized spacial score (nSPS) is 9.56. The van der Waals surface area contributed by atoms with Crippen LogP contribution in [0.25, 0.3) is 0 Å². The van der Waals surface area contributed by atoms with Crippen LogP contribution in [0.2, 0.25) is 0 Å². The monoisotopic (exact) mass is 129 g/mol. The van der Waals surface area contributed by atoms with E-state index >= 15 is 0 Å². The van der Waals surface area contributed by atoms with Gasteiger partial charge in [0.2, 0.25) is 0 Å². The van der Waals surface area contributed by atoms with E-state index in [9.17, 15) is 4.79 Å². The first-order valence-electron chi connectivity index (χ1n) is 3.08. The van der Waals surface area contributed by atoms with Crippen LogP contribution in [-0.2, 0) is 4.79 Å². The quantitative estimate of drug-likeness (QED) is 0.545. The van der Waals surface area contributed by atoms with Gasteiger partial charge in [-0.05, 0) is 13.8 Å². The molecule has 0 aliphatic carbocycles. The summed E-state index contributed by atoms with van der Waals surface area (Å²) in [7, 11) is 0. The Morgan fingerprint density at radius 3 is 1.67 bits per heavy atom. The van der Waals surface area contributed by atoms with Crippen LogP contribution in [0.1, 0.15) is 27.7 Å². The summed E-state index contributed by atoms with van der Waals surface area (Å²) >= 11 is 0. The van der Waals surface area contributed by atoms with Crippen molar-refractivity contribution in [3.05, 3.63) is 11.8 Å². The van der Waals surface area contributed by atoms with E-state index in [1.54, 1.807) is 6.92 Å². The fraction of sp³-hybridized carbons (Fsp3) is 0.571. The average Bonchev–Trinajstić information content (AvgIpc) is 1.91. The highest BCUT2D eigenvalue weighted by molar-refractivity contribution is 5.92. The minimum absolute atomic E-state index is 0.0301. The van der Waals surface area contributed by atoms with Crippen LogP contribution in [0.4, 0.5) is 0 Å². The topological polar surface area (TPSA) is 43.1 Å². The van der Waals surface area contributed by atoms with Crippen molar-refractivity contribution in [2.24, 2.45) is 5.73 Å². The molecular formula is C7H15NO. The second-order valence-electron chi connectivity index (χ2n) is 1.41. The lowest BCUT2D eigenvalue weighted by Crippen LogP contribution is -1.94. The van der Waals surface area contributed by atoms with Crippen molar-refractivity contribution in [2.45, 2.75) is 27.7 Å². The van der Waals surface area contributed by atoms with Crippen molar-refractivity contribution in [1.82, 2.24) is 0 Å². The molecule has 0 spiro atoms. The number of hydrogen-bond acceptors (Lipinski definition) is 2. The minimum Gasteiger partial charge on any atom is -0.404 e. The Morgan fingerprint density at radius 2 is 1.67 bits per heavy atom. The molecule has 2 heteroatoms. The maximum atomic E-state index is 10.2. The molecular weight excluding hydrogens is 114 g/mol. The Hall–Kier alpha value is -0.790. The van der Waals surface area contributed by atoms with Gasteiger partial charge in [0.25, 0.3) is 0 Å². The third kappa shape index (κ3) is 7.21. The molecule has 54 valence electrons. The first kappa shape index (κ1) is 11.1. The van der Waals surface area contributed by atoms with Crippen molar-refractivity contribution >= 4 is 5.78 Å². The smallest absolute Gasteiger partial charge is 0.156 e. The predicted molar refractivity (Wildman–Crippen MR) is 40.0 cm³/mol. The molecule has 0 saturated carbocycles. The van der Waals surface area contributed by atoms with Crippen molar-refractivity contribution in [3.8, 4) is 0 Å². The zero-order valence-electron chi connectivity index (χ0n) is 6.56. The highest BCUT2D eigenvalue weighted by atomic mass is 16.1. The fourth-order valence-electron chi connectivity index (χ4n) is 0.117. The maximum absolute atomic E-state index is 10.2. The Balaban J connectivity index is 0. The molecule has 0 unspecified atom stereocenters. The van der Waals surface area contributed by atoms with Crippen LogP contribution in [0.5, 0.6) is 0 Å². The third-order valence-corrected chi connectivity index (χ3v) is 0.805. The average molecular weight is 129 g/mol. The molecule has 0 rings (SSSR count). The largest absolute Gasteiger partial charge is 0.404 e. The van der Waals surface area contributed by atoms with Gasteiger partial charge in [-0.25, -0.2) is 0 Å². The molecule has 2 nitrogen and oxygen atoms in total. The summed E-state index contributed by atoms with van der Waals surface area (Å²) in [5.41, 5.74) is 5.60. The minimum atomic E-state index is 0.0301.